The molecule has 0 heteroatoms. The van der Waals surface area contributed by atoms with Crippen LogP contribution in [-0.2, 0) is 0 Å². The fourth-order valence-electron chi connectivity index (χ4n) is 7.42. The second-order valence-corrected chi connectivity index (χ2v) is 11.2. The summed E-state index contributed by atoms with van der Waals surface area (Å²) in [6.45, 7) is 0. The van der Waals surface area contributed by atoms with Crippen LogP contribution in [0.25, 0.3) is 43.1 Å². The number of benzene rings is 6. The summed E-state index contributed by atoms with van der Waals surface area (Å²) < 4.78 is 0. The van der Waals surface area contributed by atoms with E-state index in [-0.39, 0.29) is 11.8 Å². The van der Waals surface area contributed by atoms with Gasteiger partial charge >= 0.3 is 0 Å². The molecule has 0 fully saturated rings. The Labute approximate surface area is 235 Å². The standard InChI is InChI=1S/C40H30/c1-2-14-27(13-1)37(39-33-21-9-5-17-29(33)25-30-18-6-10-22-34(30)39)38(28-15-3-4-16-28)40-35-23-11-7-19-31(35)26-32-20-8-12-24-36(32)40/h1-28,37-38H/t37-,38-/m1/s1. The molecule has 0 amide bonds. The van der Waals surface area contributed by atoms with Crippen molar-refractivity contribution in [1.29, 1.82) is 0 Å². The van der Waals surface area contributed by atoms with Crippen molar-refractivity contribution in [3.05, 3.63) is 169 Å². The van der Waals surface area contributed by atoms with Crippen LogP contribution in [-0.4, -0.2) is 0 Å². The van der Waals surface area contributed by atoms with Gasteiger partial charge in [-0.05, 0) is 66.3 Å². The van der Waals surface area contributed by atoms with Crippen LogP contribution < -0.4 is 0 Å². The number of fused-ring (bicyclic) bond motifs is 4. The maximum absolute atomic E-state index is 2.42. The van der Waals surface area contributed by atoms with E-state index in [4.69, 9.17) is 0 Å². The summed E-state index contributed by atoms with van der Waals surface area (Å²) in [5.41, 5.74) is 2.93. The average molecular weight is 511 g/mol. The molecule has 0 N–H and O–H groups in total. The molecule has 2 aliphatic rings. The van der Waals surface area contributed by atoms with Crippen molar-refractivity contribution in [2.45, 2.75) is 11.8 Å². The van der Waals surface area contributed by atoms with E-state index in [1.165, 1.54) is 54.2 Å². The Balaban J connectivity index is 1.53. The van der Waals surface area contributed by atoms with Gasteiger partial charge in [-0.15, -0.1) is 0 Å². The Hall–Kier alpha value is -4.68. The normalized spacial score (nSPS) is 16.7. The second kappa shape index (κ2) is 9.50. The Morgan fingerprint density at radius 3 is 0.925 bits per heavy atom. The minimum absolute atomic E-state index is 0.234. The van der Waals surface area contributed by atoms with E-state index >= 15 is 0 Å². The minimum Gasteiger partial charge on any atom is -0.0770 e. The summed E-state index contributed by atoms with van der Waals surface area (Å²) in [6.07, 6.45) is 18.6. The van der Waals surface area contributed by atoms with Crippen LogP contribution in [0.3, 0.4) is 0 Å². The topological polar surface area (TPSA) is 0 Å². The Morgan fingerprint density at radius 1 is 0.350 bits per heavy atom. The van der Waals surface area contributed by atoms with Gasteiger partial charge in [-0.2, -0.15) is 0 Å². The molecule has 0 aliphatic heterocycles. The van der Waals surface area contributed by atoms with Crippen molar-refractivity contribution >= 4 is 43.1 Å². The highest BCUT2D eigenvalue weighted by Crippen LogP contribution is 2.53. The van der Waals surface area contributed by atoms with Crippen molar-refractivity contribution < 1.29 is 0 Å². The van der Waals surface area contributed by atoms with E-state index in [1.807, 2.05) is 0 Å². The lowest BCUT2D eigenvalue weighted by Gasteiger charge is -2.37. The SMILES string of the molecule is C1=CC([C@@H](c2c3ccccc3cc3ccccc23)[C@H](c2c3ccccc3cc3ccccc23)C2C=CC=C2)C=C1. The lowest BCUT2D eigenvalue weighted by molar-refractivity contribution is 0.446. The first-order valence-electron chi connectivity index (χ1n) is 14.4. The molecule has 0 heterocycles. The van der Waals surface area contributed by atoms with Crippen LogP contribution in [0.15, 0.2) is 158 Å². The highest BCUT2D eigenvalue weighted by Gasteiger charge is 2.38. The molecule has 2 aliphatic carbocycles. The third-order valence-corrected chi connectivity index (χ3v) is 9.06. The monoisotopic (exact) mass is 510 g/mol. The molecular weight excluding hydrogens is 480 g/mol. The fraction of sp³-hybridized carbons (Fsp3) is 0.100. The molecule has 40 heavy (non-hydrogen) atoms. The third kappa shape index (κ3) is 3.67. The zero-order chi connectivity index (χ0) is 26.5. The van der Waals surface area contributed by atoms with Gasteiger partial charge < -0.3 is 0 Å². The summed E-state index contributed by atoms with van der Waals surface area (Å²) >= 11 is 0. The average Bonchev–Trinajstić information content (AvgIpc) is 3.73. The van der Waals surface area contributed by atoms with Crippen molar-refractivity contribution in [1.82, 2.24) is 0 Å². The predicted molar refractivity (Wildman–Crippen MR) is 172 cm³/mol. The lowest BCUT2D eigenvalue weighted by atomic mass is 9.66. The predicted octanol–water partition coefficient (Wildman–Crippen LogP) is 10.7. The van der Waals surface area contributed by atoms with Crippen LogP contribution >= 0.6 is 0 Å². The molecule has 0 nitrogen and oxygen atoms in total. The largest absolute Gasteiger partial charge is 0.0770 e. The first-order chi connectivity index (χ1) is 19.9. The Bertz CT molecular complexity index is 1750. The van der Waals surface area contributed by atoms with Gasteiger partial charge in [0.15, 0.2) is 0 Å². The summed E-state index contributed by atoms with van der Waals surface area (Å²) in [5, 5.41) is 10.7. The molecule has 0 radical (unpaired) electrons. The number of hydrogen-bond acceptors (Lipinski definition) is 0. The highest BCUT2D eigenvalue weighted by atomic mass is 14.4. The third-order valence-electron chi connectivity index (χ3n) is 9.06. The molecule has 0 bridgehead atoms. The quantitative estimate of drug-likeness (QED) is 0.202. The molecule has 0 unspecified atom stereocenters. The molecule has 0 saturated heterocycles. The smallest absolute Gasteiger partial charge is 0.00282 e. The van der Waals surface area contributed by atoms with E-state index in [9.17, 15) is 0 Å². The lowest BCUT2D eigenvalue weighted by Crippen LogP contribution is -2.24. The number of rotatable bonds is 5. The zero-order valence-corrected chi connectivity index (χ0v) is 22.3. The number of allylic oxidation sites excluding steroid dienone is 8. The molecule has 0 aromatic heterocycles. The van der Waals surface area contributed by atoms with Crippen LogP contribution in [0.4, 0.5) is 0 Å². The maximum atomic E-state index is 2.42. The van der Waals surface area contributed by atoms with Crippen molar-refractivity contribution in [2.24, 2.45) is 11.8 Å². The summed E-state index contributed by atoms with van der Waals surface area (Å²) in [7, 11) is 0. The molecule has 190 valence electrons. The van der Waals surface area contributed by atoms with Crippen LogP contribution in [0.2, 0.25) is 0 Å². The maximum Gasteiger partial charge on any atom is 0.00282 e. The molecule has 8 rings (SSSR count). The fourth-order valence-corrected chi connectivity index (χ4v) is 7.42. The van der Waals surface area contributed by atoms with Crippen molar-refractivity contribution in [2.75, 3.05) is 0 Å². The van der Waals surface area contributed by atoms with Crippen LogP contribution in [0.5, 0.6) is 0 Å². The molecule has 2 atom stereocenters. The van der Waals surface area contributed by atoms with E-state index < -0.39 is 0 Å². The van der Waals surface area contributed by atoms with Crippen LogP contribution in [0.1, 0.15) is 23.0 Å². The van der Waals surface area contributed by atoms with Crippen molar-refractivity contribution in [3.63, 3.8) is 0 Å². The van der Waals surface area contributed by atoms with Crippen LogP contribution in [0, 0.1) is 11.8 Å². The van der Waals surface area contributed by atoms with Gasteiger partial charge in [0.1, 0.15) is 0 Å². The highest BCUT2D eigenvalue weighted by molar-refractivity contribution is 6.05. The number of hydrogen-bond donors (Lipinski definition) is 0. The molecular formula is C40H30. The van der Waals surface area contributed by atoms with Gasteiger partial charge in [-0.1, -0.05) is 146 Å². The first-order valence-corrected chi connectivity index (χ1v) is 14.4. The van der Waals surface area contributed by atoms with E-state index in [1.54, 1.807) is 0 Å². The molecule has 6 aromatic carbocycles. The Morgan fingerprint density at radius 2 is 0.625 bits per heavy atom. The minimum atomic E-state index is 0.234. The first kappa shape index (κ1) is 23.2. The van der Waals surface area contributed by atoms with Gasteiger partial charge in [-0.3, -0.25) is 0 Å². The van der Waals surface area contributed by atoms with Gasteiger partial charge in [0.25, 0.3) is 0 Å². The van der Waals surface area contributed by atoms with Gasteiger partial charge in [0, 0.05) is 23.7 Å². The Kier molecular flexibility index (Phi) is 5.52. The van der Waals surface area contributed by atoms with Crippen molar-refractivity contribution in [3.8, 4) is 0 Å². The van der Waals surface area contributed by atoms with E-state index in [2.05, 4.69) is 158 Å². The molecule has 0 saturated carbocycles. The van der Waals surface area contributed by atoms with Gasteiger partial charge in [0.2, 0.25) is 0 Å². The summed E-state index contributed by atoms with van der Waals surface area (Å²) in [5.74, 6) is 1.05. The molecule has 0 spiro atoms. The second-order valence-electron chi connectivity index (χ2n) is 11.2. The van der Waals surface area contributed by atoms with Gasteiger partial charge in [-0.25, -0.2) is 0 Å². The zero-order valence-electron chi connectivity index (χ0n) is 22.3. The molecule has 6 aromatic rings. The summed E-state index contributed by atoms with van der Waals surface area (Å²) in [4.78, 5) is 0. The van der Waals surface area contributed by atoms with E-state index in [0.717, 1.165) is 0 Å². The van der Waals surface area contributed by atoms with Gasteiger partial charge in [0.05, 0.1) is 0 Å². The summed E-state index contributed by atoms with van der Waals surface area (Å²) in [6, 6.07) is 40.7. The van der Waals surface area contributed by atoms with E-state index in [0.29, 0.717) is 11.8 Å².